The molecule has 0 saturated carbocycles. The van der Waals surface area contributed by atoms with Crippen molar-refractivity contribution in [2.45, 2.75) is 25.3 Å². The number of rotatable bonds is 2. The van der Waals surface area contributed by atoms with Gasteiger partial charge in [0.2, 0.25) is 0 Å². The van der Waals surface area contributed by atoms with Crippen LogP contribution in [0.4, 0.5) is 0 Å². The number of carbonyl (C=O) groups is 1. The molecule has 0 bridgehead atoms. The highest BCUT2D eigenvalue weighted by Gasteiger charge is 2.14. The molecule has 0 spiro atoms. The smallest absolute Gasteiger partial charge is 0.271 e. The standard InChI is InChI=1S/C15H15N3O/c19-15(17-11-6-2-1-3-7-11)14-10-16-12-8-4-5-9-13(12)18-14/h2,4-6,8-11H,1,3,7H2,(H,17,19). The van der Waals surface area contributed by atoms with Gasteiger partial charge in [0.1, 0.15) is 5.69 Å². The molecule has 1 N–H and O–H groups in total. The van der Waals surface area contributed by atoms with Gasteiger partial charge in [-0.25, -0.2) is 4.98 Å². The molecule has 1 aliphatic rings. The van der Waals surface area contributed by atoms with Crippen molar-refractivity contribution in [3.05, 3.63) is 48.3 Å². The summed E-state index contributed by atoms with van der Waals surface area (Å²) in [6, 6.07) is 7.66. The summed E-state index contributed by atoms with van der Waals surface area (Å²) in [6.45, 7) is 0. The number of aromatic nitrogens is 2. The summed E-state index contributed by atoms with van der Waals surface area (Å²) < 4.78 is 0. The molecule has 0 fully saturated rings. The first kappa shape index (κ1) is 11.8. The Labute approximate surface area is 111 Å². The maximum Gasteiger partial charge on any atom is 0.271 e. The first-order chi connectivity index (χ1) is 9.33. The number of benzene rings is 1. The van der Waals surface area contributed by atoms with Gasteiger partial charge in [-0.3, -0.25) is 9.78 Å². The Morgan fingerprint density at radius 2 is 2.11 bits per heavy atom. The minimum absolute atomic E-state index is 0.120. The number of amides is 1. The maximum atomic E-state index is 12.1. The van der Waals surface area contributed by atoms with Crippen LogP contribution in [0.15, 0.2) is 42.6 Å². The van der Waals surface area contributed by atoms with Crippen LogP contribution in [0.25, 0.3) is 11.0 Å². The lowest BCUT2D eigenvalue weighted by molar-refractivity contribution is 0.0937. The molecule has 1 aromatic carbocycles. The van der Waals surface area contributed by atoms with Gasteiger partial charge >= 0.3 is 0 Å². The molecule has 0 radical (unpaired) electrons. The molecule has 96 valence electrons. The molecule has 0 saturated heterocycles. The van der Waals surface area contributed by atoms with Gasteiger partial charge in [0.05, 0.1) is 17.2 Å². The number of allylic oxidation sites excluding steroid dienone is 1. The predicted molar refractivity (Wildman–Crippen MR) is 73.8 cm³/mol. The van der Waals surface area contributed by atoms with Crippen LogP contribution in [0.2, 0.25) is 0 Å². The summed E-state index contributed by atoms with van der Waals surface area (Å²) in [7, 11) is 0. The molecular weight excluding hydrogens is 238 g/mol. The van der Waals surface area contributed by atoms with E-state index in [2.05, 4.69) is 27.4 Å². The summed E-state index contributed by atoms with van der Waals surface area (Å²) in [6.07, 6.45) is 8.90. The zero-order valence-corrected chi connectivity index (χ0v) is 10.5. The highest BCUT2D eigenvalue weighted by molar-refractivity contribution is 5.94. The van der Waals surface area contributed by atoms with Gasteiger partial charge < -0.3 is 5.32 Å². The Balaban J connectivity index is 1.81. The van der Waals surface area contributed by atoms with Crippen LogP contribution in [0, 0.1) is 0 Å². The fourth-order valence-corrected chi connectivity index (χ4v) is 2.24. The quantitative estimate of drug-likeness (QED) is 0.836. The van der Waals surface area contributed by atoms with E-state index in [9.17, 15) is 4.79 Å². The monoisotopic (exact) mass is 253 g/mol. The van der Waals surface area contributed by atoms with E-state index in [1.165, 1.54) is 6.20 Å². The van der Waals surface area contributed by atoms with E-state index < -0.39 is 0 Å². The Kier molecular flexibility index (Phi) is 3.23. The minimum Gasteiger partial charge on any atom is -0.344 e. The average molecular weight is 253 g/mol. The predicted octanol–water partition coefficient (Wildman–Crippen LogP) is 2.47. The molecule has 1 unspecified atom stereocenters. The number of nitrogens with zero attached hydrogens (tertiary/aromatic N) is 2. The summed E-state index contributed by atoms with van der Waals surface area (Å²) in [4.78, 5) is 20.7. The van der Waals surface area contributed by atoms with Crippen molar-refractivity contribution < 1.29 is 4.79 Å². The zero-order chi connectivity index (χ0) is 13.1. The Hall–Kier alpha value is -2.23. The summed E-state index contributed by atoms with van der Waals surface area (Å²) in [5.41, 5.74) is 1.92. The van der Waals surface area contributed by atoms with E-state index in [1.54, 1.807) is 0 Å². The third-order valence-corrected chi connectivity index (χ3v) is 3.25. The van der Waals surface area contributed by atoms with Crippen molar-refractivity contribution >= 4 is 16.9 Å². The largest absolute Gasteiger partial charge is 0.344 e. The maximum absolute atomic E-state index is 12.1. The van der Waals surface area contributed by atoms with Gasteiger partial charge in [-0.1, -0.05) is 24.3 Å². The third kappa shape index (κ3) is 2.62. The zero-order valence-electron chi connectivity index (χ0n) is 10.5. The molecule has 1 aromatic heterocycles. The highest BCUT2D eigenvalue weighted by atomic mass is 16.1. The van der Waals surface area contributed by atoms with Gasteiger partial charge in [-0.2, -0.15) is 0 Å². The van der Waals surface area contributed by atoms with E-state index >= 15 is 0 Å². The number of hydrogen-bond acceptors (Lipinski definition) is 3. The number of hydrogen-bond donors (Lipinski definition) is 1. The van der Waals surface area contributed by atoms with E-state index in [1.807, 2.05) is 24.3 Å². The van der Waals surface area contributed by atoms with E-state index in [4.69, 9.17) is 0 Å². The van der Waals surface area contributed by atoms with Crippen LogP contribution in [-0.2, 0) is 0 Å². The van der Waals surface area contributed by atoms with Gasteiger partial charge in [-0.05, 0) is 31.4 Å². The lowest BCUT2D eigenvalue weighted by Gasteiger charge is -2.17. The number of carbonyl (C=O) groups excluding carboxylic acids is 1. The molecule has 4 heteroatoms. The molecular formula is C15H15N3O. The summed E-state index contributed by atoms with van der Waals surface area (Å²) in [5, 5.41) is 2.97. The van der Waals surface area contributed by atoms with Crippen molar-refractivity contribution in [2.24, 2.45) is 0 Å². The van der Waals surface area contributed by atoms with Crippen molar-refractivity contribution in [3.63, 3.8) is 0 Å². The molecule has 3 rings (SSSR count). The molecule has 1 heterocycles. The summed E-state index contributed by atoms with van der Waals surface area (Å²) in [5.74, 6) is -0.158. The number of nitrogens with one attached hydrogen (secondary N) is 1. The highest BCUT2D eigenvalue weighted by Crippen LogP contribution is 2.12. The van der Waals surface area contributed by atoms with Crippen LogP contribution in [0.3, 0.4) is 0 Å². The van der Waals surface area contributed by atoms with Crippen molar-refractivity contribution in [1.82, 2.24) is 15.3 Å². The number of fused-ring (bicyclic) bond motifs is 1. The SMILES string of the molecule is O=C(NC1C=CCCC1)c1cnc2ccccc2n1. The van der Waals surface area contributed by atoms with Crippen molar-refractivity contribution in [2.75, 3.05) is 0 Å². The Morgan fingerprint density at radius 3 is 2.89 bits per heavy atom. The molecule has 1 aliphatic carbocycles. The van der Waals surface area contributed by atoms with E-state index in [0.29, 0.717) is 5.69 Å². The molecule has 4 nitrogen and oxygen atoms in total. The molecule has 1 amide bonds. The van der Waals surface area contributed by atoms with E-state index in [-0.39, 0.29) is 11.9 Å². The fourth-order valence-electron chi connectivity index (χ4n) is 2.24. The van der Waals surface area contributed by atoms with Crippen LogP contribution >= 0.6 is 0 Å². The molecule has 0 aliphatic heterocycles. The Morgan fingerprint density at radius 1 is 1.26 bits per heavy atom. The van der Waals surface area contributed by atoms with Crippen LogP contribution in [0.1, 0.15) is 29.8 Å². The van der Waals surface area contributed by atoms with Crippen LogP contribution < -0.4 is 5.32 Å². The lowest BCUT2D eigenvalue weighted by Crippen LogP contribution is -2.34. The minimum atomic E-state index is -0.158. The second-order valence-electron chi connectivity index (χ2n) is 4.68. The normalized spacial score (nSPS) is 18.4. The van der Waals surface area contributed by atoms with Gasteiger partial charge in [0.15, 0.2) is 0 Å². The molecule has 19 heavy (non-hydrogen) atoms. The third-order valence-electron chi connectivity index (χ3n) is 3.25. The second-order valence-corrected chi connectivity index (χ2v) is 4.68. The lowest BCUT2D eigenvalue weighted by atomic mass is 10.0. The van der Waals surface area contributed by atoms with Gasteiger partial charge in [0, 0.05) is 6.04 Å². The number of para-hydroxylation sites is 2. The summed E-state index contributed by atoms with van der Waals surface area (Å²) >= 11 is 0. The first-order valence-electron chi connectivity index (χ1n) is 6.52. The molecule has 1 atom stereocenters. The second kappa shape index (κ2) is 5.18. The molecule has 2 aromatic rings. The fraction of sp³-hybridized carbons (Fsp3) is 0.267. The Bertz CT molecular complexity index is 636. The van der Waals surface area contributed by atoms with Crippen molar-refractivity contribution in [1.29, 1.82) is 0 Å². The van der Waals surface area contributed by atoms with E-state index in [0.717, 1.165) is 30.3 Å². The van der Waals surface area contributed by atoms with Gasteiger partial charge in [0.25, 0.3) is 5.91 Å². The topological polar surface area (TPSA) is 54.9 Å². The van der Waals surface area contributed by atoms with Crippen molar-refractivity contribution in [3.8, 4) is 0 Å². The average Bonchev–Trinajstić information content (AvgIpc) is 2.48. The van der Waals surface area contributed by atoms with Crippen LogP contribution in [-0.4, -0.2) is 21.9 Å². The van der Waals surface area contributed by atoms with Crippen LogP contribution in [0.5, 0.6) is 0 Å². The van der Waals surface area contributed by atoms with Gasteiger partial charge in [-0.15, -0.1) is 0 Å². The first-order valence-corrected chi connectivity index (χ1v) is 6.52.